The Balaban J connectivity index is 2.15. The van der Waals surface area contributed by atoms with Gasteiger partial charge in [0, 0.05) is 12.5 Å². The third-order valence-corrected chi connectivity index (χ3v) is 2.56. The molecule has 92 valence electrons. The van der Waals surface area contributed by atoms with Crippen molar-refractivity contribution in [1.29, 1.82) is 0 Å². The number of hydrogen-bond donors (Lipinski definition) is 3. The summed E-state index contributed by atoms with van der Waals surface area (Å²) in [6, 6.07) is -0.617. The van der Waals surface area contributed by atoms with Gasteiger partial charge in [-0.05, 0) is 25.8 Å². The molecule has 0 aromatic heterocycles. The Morgan fingerprint density at radius 1 is 1.56 bits per heavy atom. The first-order chi connectivity index (χ1) is 7.59. The minimum absolute atomic E-state index is 0.113. The van der Waals surface area contributed by atoms with E-state index in [9.17, 15) is 9.59 Å². The minimum Gasteiger partial charge on any atom is -0.481 e. The van der Waals surface area contributed by atoms with E-state index in [0.717, 1.165) is 19.4 Å². The summed E-state index contributed by atoms with van der Waals surface area (Å²) in [5, 5.41) is 11.6. The first-order valence-electron chi connectivity index (χ1n) is 5.47. The summed E-state index contributed by atoms with van der Waals surface area (Å²) in [6.07, 6.45) is 2.09. The molecule has 0 radical (unpaired) electrons. The molecule has 0 amide bonds. The highest BCUT2D eigenvalue weighted by Crippen LogP contribution is 2.06. The molecule has 0 aliphatic carbocycles. The molecule has 0 aromatic carbocycles. The minimum atomic E-state index is -0.958. The molecule has 0 bridgehead atoms. The Hall–Kier alpha value is -1.14. The number of esters is 1. The lowest BCUT2D eigenvalue weighted by atomic mass is 10.2. The Kier molecular flexibility index (Phi) is 5.21. The molecular weight excluding hydrogens is 212 g/mol. The van der Waals surface area contributed by atoms with Gasteiger partial charge in [0.2, 0.25) is 0 Å². The number of carbonyl (C=O) groups excluding carboxylic acids is 1. The summed E-state index contributed by atoms with van der Waals surface area (Å²) in [4.78, 5) is 21.6. The van der Waals surface area contributed by atoms with Crippen molar-refractivity contribution in [1.82, 2.24) is 5.32 Å². The highest BCUT2D eigenvalue weighted by molar-refractivity contribution is 5.76. The molecule has 1 heterocycles. The fourth-order valence-electron chi connectivity index (χ4n) is 1.59. The Morgan fingerprint density at radius 2 is 2.31 bits per heavy atom. The van der Waals surface area contributed by atoms with Crippen LogP contribution < -0.4 is 11.1 Å². The molecular formula is C10H18N2O4. The summed E-state index contributed by atoms with van der Waals surface area (Å²) in [6.45, 7) is 1.27. The van der Waals surface area contributed by atoms with Crippen molar-refractivity contribution >= 4 is 11.9 Å². The molecule has 6 heteroatoms. The van der Waals surface area contributed by atoms with Crippen LogP contribution in [0.1, 0.15) is 25.7 Å². The highest BCUT2D eigenvalue weighted by atomic mass is 16.5. The largest absolute Gasteiger partial charge is 0.481 e. The summed E-state index contributed by atoms with van der Waals surface area (Å²) < 4.78 is 5.00. The molecule has 1 saturated heterocycles. The van der Waals surface area contributed by atoms with Crippen molar-refractivity contribution in [3.05, 3.63) is 0 Å². The van der Waals surface area contributed by atoms with Crippen LogP contribution in [0.4, 0.5) is 0 Å². The lowest BCUT2D eigenvalue weighted by molar-refractivity contribution is -0.146. The molecule has 1 aliphatic heterocycles. The van der Waals surface area contributed by atoms with Crippen LogP contribution in [-0.4, -0.2) is 42.3 Å². The topological polar surface area (TPSA) is 102 Å². The Bertz CT molecular complexity index is 251. The number of carbonyl (C=O) groups is 2. The van der Waals surface area contributed by atoms with Gasteiger partial charge >= 0.3 is 11.9 Å². The van der Waals surface area contributed by atoms with Gasteiger partial charge in [-0.2, -0.15) is 0 Å². The second-order valence-electron chi connectivity index (χ2n) is 3.96. The van der Waals surface area contributed by atoms with Gasteiger partial charge in [0.1, 0.15) is 12.6 Å². The van der Waals surface area contributed by atoms with E-state index in [4.69, 9.17) is 15.6 Å². The van der Waals surface area contributed by atoms with Crippen LogP contribution in [0.2, 0.25) is 0 Å². The van der Waals surface area contributed by atoms with Gasteiger partial charge in [0.15, 0.2) is 0 Å². The Labute approximate surface area is 94.1 Å². The van der Waals surface area contributed by atoms with Crippen molar-refractivity contribution in [3.8, 4) is 0 Å². The summed E-state index contributed by atoms with van der Waals surface area (Å²) in [5.41, 5.74) is 5.49. The van der Waals surface area contributed by atoms with Crippen molar-refractivity contribution < 1.29 is 19.4 Å². The van der Waals surface area contributed by atoms with E-state index in [1.807, 2.05) is 0 Å². The van der Waals surface area contributed by atoms with E-state index in [-0.39, 0.29) is 18.9 Å². The predicted molar refractivity (Wildman–Crippen MR) is 56.8 cm³/mol. The number of nitrogens with one attached hydrogen (secondary N) is 1. The zero-order valence-electron chi connectivity index (χ0n) is 9.15. The molecule has 0 spiro atoms. The monoisotopic (exact) mass is 230 g/mol. The second kappa shape index (κ2) is 6.44. The van der Waals surface area contributed by atoms with Gasteiger partial charge in [0.25, 0.3) is 0 Å². The van der Waals surface area contributed by atoms with Gasteiger partial charge in [0.05, 0.1) is 0 Å². The summed E-state index contributed by atoms with van der Waals surface area (Å²) >= 11 is 0. The van der Waals surface area contributed by atoms with Crippen molar-refractivity contribution in [2.75, 3.05) is 13.2 Å². The second-order valence-corrected chi connectivity index (χ2v) is 3.96. The zero-order valence-corrected chi connectivity index (χ0v) is 9.15. The normalized spacial score (nSPS) is 21.7. The fourth-order valence-corrected chi connectivity index (χ4v) is 1.59. The van der Waals surface area contributed by atoms with Crippen LogP contribution in [0.5, 0.6) is 0 Å². The smallest absolute Gasteiger partial charge is 0.322 e. The predicted octanol–water partition coefficient (Wildman–Crippen LogP) is -0.526. The molecule has 1 rings (SSSR count). The maximum absolute atomic E-state index is 11.3. The number of ether oxygens (including phenoxy) is 1. The number of carboxylic acid groups (broad SMARTS) is 1. The first-order valence-corrected chi connectivity index (χ1v) is 5.47. The van der Waals surface area contributed by atoms with E-state index in [1.54, 1.807) is 0 Å². The molecule has 6 nitrogen and oxygen atoms in total. The molecule has 16 heavy (non-hydrogen) atoms. The van der Waals surface area contributed by atoms with E-state index in [0.29, 0.717) is 6.61 Å². The number of hydrogen-bond acceptors (Lipinski definition) is 5. The third-order valence-electron chi connectivity index (χ3n) is 2.56. The van der Waals surface area contributed by atoms with E-state index >= 15 is 0 Å². The summed E-state index contributed by atoms with van der Waals surface area (Å²) in [5.74, 6) is -1.48. The lowest BCUT2D eigenvalue weighted by Gasteiger charge is -2.13. The molecule has 0 saturated carbocycles. The van der Waals surface area contributed by atoms with Crippen LogP contribution in [0.3, 0.4) is 0 Å². The van der Waals surface area contributed by atoms with Crippen LogP contribution in [0, 0.1) is 0 Å². The van der Waals surface area contributed by atoms with Crippen LogP contribution in [0.25, 0.3) is 0 Å². The lowest BCUT2D eigenvalue weighted by Crippen LogP contribution is -2.36. The average Bonchev–Trinajstić information content (AvgIpc) is 2.75. The molecule has 1 aliphatic rings. The van der Waals surface area contributed by atoms with E-state index in [2.05, 4.69) is 5.32 Å². The fraction of sp³-hybridized carbons (Fsp3) is 0.800. The number of aliphatic carboxylic acids is 1. The standard InChI is InChI=1S/C10H18N2O4/c11-8(3-4-9(13)14)10(15)16-6-7-2-1-5-12-7/h7-8,12H,1-6,11H2,(H,13,14)/t7-,8?/m1/s1. The van der Waals surface area contributed by atoms with Crippen molar-refractivity contribution in [2.24, 2.45) is 5.73 Å². The van der Waals surface area contributed by atoms with Crippen LogP contribution in [0.15, 0.2) is 0 Å². The van der Waals surface area contributed by atoms with Crippen LogP contribution in [-0.2, 0) is 14.3 Å². The van der Waals surface area contributed by atoms with Gasteiger partial charge in [-0.25, -0.2) is 0 Å². The van der Waals surface area contributed by atoms with Crippen LogP contribution >= 0.6 is 0 Å². The van der Waals surface area contributed by atoms with Gasteiger partial charge < -0.3 is 20.9 Å². The molecule has 4 N–H and O–H groups in total. The van der Waals surface area contributed by atoms with Gasteiger partial charge in [-0.1, -0.05) is 0 Å². The molecule has 0 aromatic rings. The third kappa shape index (κ3) is 4.59. The van der Waals surface area contributed by atoms with Gasteiger partial charge in [-0.15, -0.1) is 0 Å². The maximum Gasteiger partial charge on any atom is 0.322 e. The number of rotatable bonds is 6. The van der Waals surface area contributed by atoms with Crippen molar-refractivity contribution in [2.45, 2.75) is 37.8 Å². The highest BCUT2D eigenvalue weighted by Gasteiger charge is 2.20. The molecule has 1 fully saturated rings. The molecule has 1 unspecified atom stereocenters. The molecule has 2 atom stereocenters. The number of nitrogens with two attached hydrogens (primary N) is 1. The van der Waals surface area contributed by atoms with E-state index < -0.39 is 18.0 Å². The van der Waals surface area contributed by atoms with Gasteiger partial charge in [-0.3, -0.25) is 9.59 Å². The first kappa shape index (κ1) is 12.9. The zero-order chi connectivity index (χ0) is 12.0. The van der Waals surface area contributed by atoms with E-state index in [1.165, 1.54) is 0 Å². The average molecular weight is 230 g/mol. The number of carboxylic acids is 1. The van der Waals surface area contributed by atoms with Crippen molar-refractivity contribution in [3.63, 3.8) is 0 Å². The quantitative estimate of drug-likeness (QED) is 0.530. The summed E-state index contributed by atoms with van der Waals surface area (Å²) in [7, 11) is 0. The Morgan fingerprint density at radius 3 is 2.88 bits per heavy atom. The SMILES string of the molecule is NC(CCC(=O)O)C(=O)OC[C@H]1CCCN1. The maximum atomic E-state index is 11.3.